The molecule has 0 atom stereocenters. The molecule has 1 aromatic carbocycles. The van der Waals surface area contributed by atoms with Crippen molar-refractivity contribution in [1.29, 1.82) is 0 Å². The second-order valence-electron chi connectivity index (χ2n) is 2.63. The molecule has 0 fully saturated rings. The first-order valence-corrected chi connectivity index (χ1v) is 3.62. The summed E-state index contributed by atoms with van der Waals surface area (Å²) in [7, 11) is 0. The molecule has 0 heterocycles. The van der Waals surface area contributed by atoms with E-state index in [9.17, 15) is 19.3 Å². The molecule has 0 aliphatic carbocycles. The van der Waals surface area contributed by atoms with Crippen molar-refractivity contribution >= 4 is 11.7 Å². The number of aromatic carboxylic acids is 1. The van der Waals surface area contributed by atoms with Crippen LogP contribution in [0.15, 0.2) is 12.1 Å². The molecule has 6 heteroatoms. The zero-order chi connectivity index (χ0) is 10.9. The molecule has 0 spiro atoms. The number of nitrogens with zero attached hydrogens (tertiary/aromatic N) is 1. The van der Waals surface area contributed by atoms with Crippen LogP contribution in [0.4, 0.5) is 10.1 Å². The van der Waals surface area contributed by atoms with Crippen molar-refractivity contribution in [2.45, 2.75) is 6.92 Å². The number of hydrogen-bond donors (Lipinski definition) is 1. The maximum absolute atomic E-state index is 12.9. The maximum Gasteiger partial charge on any atom is 0.342 e. The monoisotopic (exact) mass is 199 g/mol. The van der Waals surface area contributed by atoms with E-state index >= 15 is 0 Å². The predicted octanol–water partition coefficient (Wildman–Crippen LogP) is 1.74. The molecule has 14 heavy (non-hydrogen) atoms. The van der Waals surface area contributed by atoms with Crippen LogP contribution in [0.25, 0.3) is 0 Å². The molecule has 0 bridgehead atoms. The van der Waals surface area contributed by atoms with E-state index in [0.717, 1.165) is 12.1 Å². The Morgan fingerprint density at radius 1 is 1.57 bits per heavy atom. The van der Waals surface area contributed by atoms with Crippen molar-refractivity contribution in [1.82, 2.24) is 0 Å². The highest BCUT2D eigenvalue weighted by molar-refractivity contribution is 5.93. The molecule has 1 rings (SSSR count). The van der Waals surface area contributed by atoms with Gasteiger partial charge >= 0.3 is 5.97 Å². The number of rotatable bonds is 2. The number of carbonyl (C=O) groups is 1. The van der Waals surface area contributed by atoms with Gasteiger partial charge in [0, 0.05) is 0 Å². The van der Waals surface area contributed by atoms with E-state index < -0.39 is 28.0 Å². The highest BCUT2D eigenvalue weighted by Gasteiger charge is 2.24. The summed E-state index contributed by atoms with van der Waals surface area (Å²) in [6.07, 6.45) is 0. The molecule has 0 aliphatic heterocycles. The summed E-state index contributed by atoms with van der Waals surface area (Å²) in [5.41, 5.74) is -1.47. The van der Waals surface area contributed by atoms with Crippen molar-refractivity contribution in [2.75, 3.05) is 0 Å². The fraction of sp³-hybridized carbons (Fsp3) is 0.125. The van der Waals surface area contributed by atoms with Gasteiger partial charge in [-0.15, -0.1) is 0 Å². The van der Waals surface area contributed by atoms with Gasteiger partial charge in [-0.05, 0) is 19.1 Å². The molecule has 74 valence electrons. The van der Waals surface area contributed by atoms with Crippen LogP contribution in [0.3, 0.4) is 0 Å². The third kappa shape index (κ3) is 1.54. The summed E-state index contributed by atoms with van der Waals surface area (Å²) >= 11 is 0. The van der Waals surface area contributed by atoms with Crippen LogP contribution >= 0.6 is 0 Å². The van der Waals surface area contributed by atoms with Gasteiger partial charge in [0.05, 0.1) is 10.5 Å². The number of halogens is 1. The Bertz CT molecular complexity index is 416. The molecule has 1 N–H and O–H groups in total. The lowest BCUT2D eigenvalue weighted by atomic mass is 10.1. The summed E-state index contributed by atoms with van der Waals surface area (Å²) < 4.78 is 12.9. The van der Waals surface area contributed by atoms with Gasteiger partial charge in [0.1, 0.15) is 11.4 Å². The Labute approximate surface area is 77.9 Å². The zero-order valence-corrected chi connectivity index (χ0v) is 7.15. The van der Waals surface area contributed by atoms with Crippen LogP contribution in [0.2, 0.25) is 0 Å². The van der Waals surface area contributed by atoms with Gasteiger partial charge in [0.25, 0.3) is 5.69 Å². The predicted molar refractivity (Wildman–Crippen MR) is 44.8 cm³/mol. The van der Waals surface area contributed by atoms with Gasteiger partial charge in [-0.2, -0.15) is 0 Å². The van der Waals surface area contributed by atoms with E-state index in [1.54, 1.807) is 0 Å². The second-order valence-corrected chi connectivity index (χ2v) is 2.63. The minimum Gasteiger partial charge on any atom is -0.477 e. The van der Waals surface area contributed by atoms with Crippen LogP contribution < -0.4 is 0 Å². The average Bonchev–Trinajstić information content (AvgIpc) is 2.08. The Balaban J connectivity index is 3.53. The van der Waals surface area contributed by atoms with Crippen molar-refractivity contribution in [3.05, 3.63) is 39.2 Å². The SMILES string of the molecule is Cc1c(F)ccc(C(=O)O)c1[N+](=O)[O-]. The normalized spacial score (nSPS) is 9.86. The van der Waals surface area contributed by atoms with Crippen LogP contribution in [0.5, 0.6) is 0 Å². The fourth-order valence-corrected chi connectivity index (χ4v) is 1.08. The minimum atomic E-state index is -1.44. The van der Waals surface area contributed by atoms with E-state index in [0.29, 0.717) is 0 Å². The summed E-state index contributed by atoms with van der Waals surface area (Å²) in [6.45, 7) is 1.17. The van der Waals surface area contributed by atoms with Crippen LogP contribution in [-0.2, 0) is 0 Å². The first-order valence-electron chi connectivity index (χ1n) is 3.62. The van der Waals surface area contributed by atoms with Gasteiger partial charge < -0.3 is 5.11 Å². The molecule has 0 amide bonds. The zero-order valence-electron chi connectivity index (χ0n) is 7.15. The van der Waals surface area contributed by atoms with Crippen LogP contribution in [-0.4, -0.2) is 16.0 Å². The van der Waals surface area contributed by atoms with E-state index in [-0.39, 0.29) is 5.56 Å². The Morgan fingerprint density at radius 2 is 2.14 bits per heavy atom. The highest BCUT2D eigenvalue weighted by atomic mass is 19.1. The van der Waals surface area contributed by atoms with E-state index in [1.165, 1.54) is 6.92 Å². The fourth-order valence-electron chi connectivity index (χ4n) is 1.08. The lowest BCUT2D eigenvalue weighted by molar-refractivity contribution is -0.385. The van der Waals surface area contributed by atoms with Crippen molar-refractivity contribution in [2.24, 2.45) is 0 Å². The molecular formula is C8H6FNO4. The number of nitro benzene ring substituents is 1. The molecule has 1 aromatic rings. The molecule has 0 saturated heterocycles. The number of nitro groups is 1. The first-order chi connectivity index (χ1) is 6.45. The van der Waals surface area contributed by atoms with Gasteiger partial charge in [0.2, 0.25) is 0 Å². The largest absolute Gasteiger partial charge is 0.477 e. The molecule has 0 aliphatic rings. The maximum atomic E-state index is 12.9. The summed E-state index contributed by atoms with van der Waals surface area (Å²) in [6, 6.07) is 1.77. The summed E-state index contributed by atoms with van der Waals surface area (Å²) in [5.74, 6) is -2.23. The molecule has 0 aromatic heterocycles. The molecule has 0 saturated carbocycles. The van der Waals surface area contributed by atoms with Crippen LogP contribution in [0, 0.1) is 22.9 Å². The lowest BCUT2D eigenvalue weighted by Gasteiger charge is -2.01. The number of benzene rings is 1. The second kappa shape index (κ2) is 3.41. The van der Waals surface area contributed by atoms with Gasteiger partial charge in [-0.1, -0.05) is 0 Å². The molecule has 5 nitrogen and oxygen atoms in total. The Hall–Kier alpha value is -1.98. The first kappa shape index (κ1) is 10.1. The van der Waals surface area contributed by atoms with Crippen molar-refractivity contribution in [3.63, 3.8) is 0 Å². The van der Waals surface area contributed by atoms with E-state index in [4.69, 9.17) is 5.11 Å². The lowest BCUT2D eigenvalue weighted by Crippen LogP contribution is -2.05. The van der Waals surface area contributed by atoms with E-state index in [1.807, 2.05) is 0 Å². The molecule has 0 radical (unpaired) electrons. The smallest absolute Gasteiger partial charge is 0.342 e. The third-order valence-corrected chi connectivity index (χ3v) is 1.78. The summed E-state index contributed by atoms with van der Waals surface area (Å²) in [5, 5.41) is 19.1. The third-order valence-electron chi connectivity index (χ3n) is 1.78. The minimum absolute atomic E-state index is 0.269. The highest BCUT2D eigenvalue weighted by Crippen LogP contribution is 2.25. The Morgan fingerprint density at radius 3 is 2.57 bits per heavy atom. The van der Waals surface area contributed by atoms with Crippen molar-refractivity contribution < 1.29 is 19.2 Å². The van der Waals surface area contributed by atoms with Crippen molar-refractivity contribution in [3.8, 4) is 0 Å². The number of carboxylic acid groups (broad SMARTS) is 1. The number of carboxylic acids is 1. The standard InChI is InChI=1S/C8H6FNO4/c1-4-6(9)3-2-5(8(11)12)7(4)10(13)14/h2-3H,1H3,(H,11,12). The Kier molecular flexibility index (Phi) is 2.46. The van der Waals surface area contributed by atoms with Crippen LogP contribution in [0.1, 0.15) is 15.9 Å². The topological polar surface area (TPSA) is 80.4 Å². The van der Waals surface area contributed by atoms with Gasteiger partial charge in [-0.3, -0.25) is 10.1 Å². The quantitative estimate of drug-likeness (QED) is 0.581. The van der Waals surface area contributed by atoms with E-state index in [2.05, 4.69) is 0 Å². The van der Waals surface area contributed by atoms with Gasteiger partial charge in [0.15, 0.2) is 0 Å². The number of hydrogen-bond acceptors (Lipinski definition) is 3. The van der Waals surface area contributed by atoms with Gasteiger partial charge in [-0.25, -0.2) is 9.18 Å². The summed E-state index contributed by atoms with van der Waals surface area (Å²) in [4.78, 5) is 20.1. The molecular weight excluding hydrogens is 193 g/mol. The molecule has 0 unspecified atom stereocenters. The average molecular weight is 199 g/mol.